The number of aliphatic carboxylic acids is 1. The molecule has 0 aliphatic carbocycles. The van der Waals surface area contributed by atoms with Gasteiger partial charge in [-0.3, -0.25) is 4.79 Å². The van der Waals surface area contributed by atoms with E-state index in [-0.39, 0.29) is 12.0 Å². The van der Waals surface area contributed by atoms with Gasteiger partial charge in [0.05, 0.1) is 12.0 Å². The standard InChI is InChI=1S/C11H12O5/c1-7(6-10(12)13)16-9-4-2-8(3-5-9)11(14)15/h2-5,7H,6H2,1H3,(H,12,13)(H,14,15). The molecule has 0 saturated heterocycles. The fourth-order valence-corrected chi connectivity index (χ4v) is 1.20. The van der Waals surface area contributed by atoms with Gasteiger partial charge in [0.25, 0.3) is 0 Å². The van der Waals surface area contributed by atoms with Crippen LogP contribution in [0.25, 0.3) is 0 Å². The largest absolute Gasteiger partial charge is 0.490 e. The summed E-state index contributed by atoms with van der Waals surface area (Å²) in [5.41, 5.74) is 0.165. The fourth-order valence-electron chi connectivity index (χ4n) is 1.20. The van der Waals surface area contributed by atoms with Crippen molar-refractivity contribution in [1.82, 2.24) is 0 Å². The maximum Gasteiger partial charge on any atom is 0.335 e. The van der Waals surface area contributed by atoms with Crippen LogP contribution in [-0.4, -0.2) is 28.3 Å². The lowest BCUT2D eigenvalue weighted by atomic mass is 10.2. The van der Waals surface area contributed by atoms with Gasteiger partial charge in [0.2, 0.25) is 0 Å². The third kappa shape index (κ3) is 3.61. The Hall–Kier alpha value is -2.04. The van der Waals surface area contributed by atoms with Crippen molar-refractivity contribution >= 4 is 11.9 Å². The number of carboxylic acid groups (broad SMARTS) is 2. The van der Waals surface area contributed by atoms with E-state index in [4.69, 9.17) is 14.9 Å². The maximum atomic E-state index is 10.6. The monoisotopic (exact) mass is 224 g/mol. The van der Waals surface area contributed by atoms with E-state index < -0.39 is 18.0 Å². The average molecular weight is 224 g/mol. The highest BCUT2D eigenvalue weighted by Gasteiger charge is 2.09. The van der Waals surface area contributed by atoms with Gasteiger partial charge < -0.3 is 14.9 Å². The van der Waals surface area contributed by atoms with Crippen molar-refractivity contribution in [2.75, 3.05) is 0 Å². The molecule has 2 N–H and O–H groups in total. The third-order valence-corrected chi connectivity index (χ3v) is 1.90. The summed E-state index contributed by atoms with van der Waals surface area (Å²) < 4.78 is 5.29. The second kappa shape index (κ2) is 5.16. The molecular formula is C11H12O5. The number of ether oxygens (including phenoxy) is 1. The lowest BCUT2D eigenvalue weighted by molar-refractivity contribution is -0.138. The van der Waals surface area contributed by atoms with E-state index in [0.717, 1.165) is 0 Å². The molecule has 1 aromatic rings. The Morgan fingerprint density at radius 1 is 1.25 bits per heavy atom. The lowest BCUT2D eigenvalue weighted by Gasteiger charge is -2.12. The van der Waals surface area contributed by atoms with Crippen LogP contribution >= 0.6 is 0 Å². The highest BCUT2D eigenvalue weighted by Crippen LogP contribution is 2.14. The summed E-state index contributed by atoms with van der Waals surface area (Å²) in [4.78, 5) is 20.9. The first-order valence-corrected chi connectivity index (χ1v) is 4.71. The van der Waals surface area contributed by atoms with E-state index in [1.807, 2.05) is 0 Å². The van der Waals surface area contributed by atoms with Crippen LogP contribution in [0.3, 0.4) is 0 Å². The molecule has 1 aromatic carbocycles. The van der Waals surface area contributed by atoms with Crippen LogP contribution in [0.15, 0.2) is 24.3 Å². The number of hydrogen-bond acceptors (Lipinski definition) is 3. The van der Waals surface area contributed by atoms with Crippen molar-refractivity contribution in [2.45, 2.75) is 19.4 Å². The topological polar surface area (TPSA) is 83.8 Å². The second-order valence-electron chi connectivity index (χ2n) is 3.36. The summed E-state index contributed by atoms with van der Waals surface area (Å²) in [7, 11) is 0. The van der Waals surface area contributed by atoms with E-state index in [2.05, 4.69) is 0 Å². The van der Waals surface area contributed by atoms with E-state index in [1.165, 1.54) is 24.3 Å². The van der Waals surface area contributed by atoms with Gasteiger partial charge in [-0.1, -0.05) is 0 Å². The van der Waals surface area contributed by atoms with Gasteiger partial charge in [-0.25, -0.2) is 4.79 Å². The molecule has 0 heterocycles. The molecule has 0 fully saturated rings. The minimum absolute atomic E-state index is 0.0965. The van der Waals surface area contributed by atoms with Crippen molar-refractivity contribution in [3.05, 3.63) is 29.8 Å². The molecule has 1 unspecified atom stereocenters. The van der Waals surface area contributed by atoms with Gasteiger partial charge in [-0.15, -0.1) is 0 Å². The molecule has 0 spiro atoms. The molecule has 0 aliphatic rings. The molecule has 0 bridgehead atoms. The number of hydrogen-bond donors (Lipinski definition) is 2. The van der Waals surface area contributed by atoms with Crippen LogP contribution in [0.4, 0.5) is 0 Å². The number of carbonyl (C=O) groups is 2. The van der Waals surface area contributed by atoms with Crippen molar-refractivity contribution in [3.63, 3.8) is 0 Å². The zero-order chi connectivity index (χ0) is 12.1. The number of aromatic carboxylic acids is 1. The molecule has 0 saturated carbocycles. The number of benzene rings is 1. The van der Waals surface area contributed by atoms with E-state index >= 15 is 0 Å². The van der Waals surface area contributed by atoms with Crippen LogP contribution in [0.1, 0.15) is 23.7 Å². The second-order valence-corrected chi connectivity index (χ2v) is 3.36. The van der Waals surface area contributed by atoms with Gasteiger partial charge in [0.1, 0.15) is 11.9 Å². The zero-order valence-electron chi connectivity index (χ0n) is 8.71. The Balaban J connectivity index is 2.61. The summed E-state index contributed by atoms with van der Waals surface area (Å²) in [6, 6.07) is 5.82. The maximum absolute atomic E-state index is 10.6. The number of carboxylic acids is 2. The van der Waals surface area contributed by atoms with Crippen molar-refractivity contribution < 1.29 is 24.5 Å². The number of rotatable bonds is 5. The predicted octanol–water partition coefficient (Wildman–Crippen LogP) is 1.63. The molecule has 16 heavy (non-hydrogen) atoms. The van der Waals surface area contributed by atoms with Gasteiger partial charge in [0.15, 0.2) is 0 Å². The van der Waals surface area contributed by atoms with Gasteiger partial charge in [0, 0.05) is 0 Å². The van der Waals surface area contributed by atoms with Crippen LogP contribution in [0.5, 0.6) is 5.75 Å². The summed E-state index contributed by atoms with van der Waals surface area (Å²) in [5.74, 6) is -1.49. The quantitative estimate of drug-likeness (QED) is 0.794. The molecule has 0 amide bonds. The Bertz CT molecular complexity index is 382. The predicted molar refractivity (Wildman–Crippen MR) is 55.7 cm³/mol. The summed E-state index contributed by atoms with van der Waals surface area (Å²) in [5, 5.41) is 17.2. The average Bonchev–Trinajstić information content (AvgIpc) is 2.16. The van der Waals surface area contributed by atoms with Gasteiger partial charge in [-0.05, 0) is 31.2 Å². The Kier molecular flexibility index (Phi) is 3.88. The Morgan fingerprint density at radius 3 is 2.25 bits per heavy atom. The minimum Gasteiger partial charge on any atom is -0.490 e. The van der Waals surface area contributed by atoms with Gasteiger partial charge >= 0.3 is 11.9 Å². The zero-order valence-corrected chi connectivity index (χ0v) is 8.71. The van der Waals surface area contributed by atoms with Crippen molar-refractivity contribution in [2.24, 2.45) is 0 Å². The first-order chi connectivity index (χ1) is 7.49. The Morgan fingerprint density at radius 2 is 1.81 bits per heavy atom. The Labute approximate surface area is 92.3 Å². The smallest absolute Gasteiger partial charge is 0.335 e. The lowest BCUT2D eigenvalue weighted by Crippen LogP contribution is -2.16. The first-order valence-electron chi connectivity index (χ1n) is 4.71. The third-order valence-electron chi connectivity index (χ3n) is 1.90. The molecule has 5 nitrogen and oxygen atoms in total. The highest BCUT2D eigenvalue weighted by molar-refractivity contribution is 5.87. The highest BCUT2D eigenvalue weighted by atomic mass is 16.5. The normalized spacial score (nSPS) is 11.8. The molecule has 0 radical (unpaired) electrons. The van der Waals surface area contributed by atoms with E-state index in [1.54, 1.807) is 6.92 Å². The molecule has 0 aromatic heterocycles. The van der Waals surface area contributed by atoms with Crippen molar-refractivity contribution in [3.8, 4) is 5.75 Å². The first kappa shape index (κ1) is 12.0. The fraction of sp³-hybridized carbons (Fsp3) is 0.273. The van der Waals surface area contributed by atoms with Gasteiger partial charge in [-0.2, -0.15) is 0 Å². The summed E-state index contributed by atoms with van der Waals surface area (Å²) in [6.07, 6.45) is -0.547. The molecule has 0 aliphatic heterocycles. The summed E-state index contributed by atoms with van der Waals surface area (Å²) >= 11 is 0. The molecular weight excluding hydrogens is 212 g/mol. The van der Waals surface area contributed by atoms with E-state index in [0.29, 0.717) is 5.75 Å². The van der Waals surface area contributed by atoms with Crippen LogP contribution < -0.4 is 4.74 Å². The SMILES string of the molecule is CC(CC(=O)O)Oc1ccc(C(=O)O)cc1. The van der Waals surface area contributed by atoms with E-state index in [9.17, 15) is 9.59 Å². The van der Waals surface area contributed by atoms with Crippen LogP contribution in [-0.2, 0) is 4.79 Å². The van der Waals surface area contributed by atoms with Crippen LogP contribution in [0, 0.1) is 0 Å². The van der Waals surface area contributed by atoms with Crippen molar-refractivity contribution in [1.29, 1.82) is 0 Å². The van der Waals surface area contributed by atoms with Crippen LogP contribution in [0.2, 0.25) is 0 Å². The molecule has 1 atom stereocenters. The molecule has 86 valence electrons. The summed E-state index contributed by atoms with van der Waals surface area (Å²) in [6.45, 7) is 1.64. The molecule has 5 heteroatoms. The minimum atomic E-state index is -1.01. The molecule has 1 rings (SSSR count).